The summed E-state index contributed by atoms with van der Waals surface area (Å²) in [4.78, 5) is 0. The normalized spacial score (nSPS) is 10.7. The molecule has 0 bridgehead atoms. The minimum Gasteiger partial charge on any atom is -0.399 e. The fourth-order valence-corrected chi connectivity index (χ4v) is 2.45. The molecule has 0 unspecified atom stereocenters. The molecule has 1 heterocycles. The number of nitrogens with zero attached hydrogens (tertiary/aromatic N) is 2. The SMILES string of the molecule is Nc1ccc(-c2n[nH]c(=S)n2-c2ccc(Br)cc2)cc1. The summed E-state index contributed by atoms with van der Waals surface area (Å²) in [5.41, 5.74) is 8.35. The van der Waals surface area contributed by atoms with Gasteiger partial charge in [-0.15, -0.1) is 0 Å². The zero-order valence-corrected chi connectivity index (χ0v) is 12.8. The topological polar surface area (TPSA) is 59.6 Å². The summed E-state index contributed by atoms with van der Waals surface area (Å²) in [5.74, 6) is 0.761. The van der Waals surface area contributed by atoms with Crippen LogP contribution in [-0.2, 0) is 0 Å². The standard InChI is InChI=1S/C14H11BrN4S/c15-10-3-7-12(8-4-10)19-13(17-18-14(19)20)9-1-5-11(16)6-2-9/h1-8H,16H2,(H,18,20). The van der Waals surface area contributed by atoms with Crippen molar-refractivity contribution >= 4 is 33.8 Å². The lowest BCUT2D eigenvalue weighted by Gasteiger charge is -2.07. The molecular weight excluding hydrogens is 336 g/mol. The Morgan fingerprint density at radius 2 is 1.70 bits per heavy atom. The summed E-state index contributed by atoms with van der Waals surface area (Å²) >= 11 is 8.75. The summed E-state index contributed by atoms with van der Waals surface area (Å²) in [5, 5.41) is 7.14. The molecule has 0 saturated carbocycles. The van der Waals surface area contributed by atoms with Gasteiger partial charge in [0.05, 0.1) is 5.69 Å². The fourth-order valence-electron chi connectivity index (χ4n) is 1.95. The molecule has 0 amide bonds. The van der Waals surface area contributed by atoms with Gasteiger partial charge in [-0.3, -0.25) is 9.67 Å². The number of hydrogen-bond donors (Lipinski definition) is 2. The van der Waals surface area contributed by atoms with E-state index >= 15 is 0 Å². The molecule has 100 valence electrons. The predicted octanol–water partition coefficient (Wildman–Crippen LogP) is 3.94. The number of nitrogens with one attached hydrogen (secondary N) is 1. The third-order valence-electron chi connectivity index (χ3n) is 2.93. The number of aromatic nitrogens is 3. The van der Waals surface area contributed by atoms with Crippen LogP contribution in [0.3, 0.4) is 0 Å². The number of aromatic amines is 1. The number of H-pyrrole nitrogens is 1. The number of benzene rings is 2. The first-order chi connectivity index (χ1) is 9.65. The van der Waals surface area contributed by atoms with Crippen molar-refractivity contribution in [3.05, 3.63) is 57.8 Å². The third kappa shape index (κ3) is 2.39. The molecule has 3 N–H and O–H groups in total. The van der Waals surface area contributed by atoms with Gasteiger partial charge in [0.25, 0.3) is 0 Å². The molecule has 3 rings (SSSR count). The van der Waals surface area contributed by atoms with Gasteiger partial charge in [0.15, 0.2) is 10.6 Å². The van der Waals surface area contributed by atoms with Crippen LogP contribution in [-0.4, -0.2) is 14.8 Å². The molecular formula is C14H11BrN4S. The molecule has 1 aromatic heterocycles. The molecule has 4 nitrogen and oxygen atoms in total. The number of halogens is 1. The van der Waals surface area contributed by atoms with E-state index < -0.39 is 0 Å². The average molecular weight is 347 g/mol. The second-order valence-corrected chi connectivity index (χ2v) is 5.59. The molecule has 0 aliphatic carbocycles. The lowest BCUT2D eigenvalue weighted by Crippen LogP contribution is -1.97. The number of rotatable bonds is 2. The molecule has 0 aliphatic rings. The molecule has 3 aromatic rings. The summed E-state index contributed by atoms with van der Waals surface area (Å²) in [6.45, 7) is 0. The molecule has 6 heteroatoms. The van der Waals surface area contributed by atoms with Gasteiger partial charge >= 0.3 is 0 Å². The third-order valence-corrected chi connectivity index (χ3v) is 3.73. The number of anilines is 1. The van der Waals surface area contributed by atoms with Crippen LogP contribution in [0.1, 0.15) is 0 Å². The Hall–Kier alpha value is -1.92. The summed E-state index contributed by atoms with van der Waals surface area (Å²) in [6.07, 6.45) is 0. The van der Waals surface area contributed by atoms with E-state index in [0.717, 1.165) is 27.2 Å². The van der Waals surface area contributed by atoms with Gasteiger partial charge < -0.3 is 5.73 Å². The number of hydrogen-bond acceptors (Lipinski definition) is 3. The molecule has 0 aliphatic heterocycles. The first kappa shape index (κ1) is 13.1. The van der Waals surface area contributed by atoms with Crippen molar-refractivity contribution in [3.8, 4) is 17.1 Å². The maximum atomic E-state index is 5.71. The zero-order chi connectivity index (χ0) is 14.1. The van der Waals surface area contributed by atoms with Crippen molar-refractivity contribution in [1.82, 2.24) is 14.8 Å². The van der Waals surface area contributed by atoms with Crippen molar-refractivity contribution in [2.45, 2.75) is 0 Å². The molecule has 0 saturated heterocycles. The van der Waals surface area contributed by atoms with Crippen molar-refractivity contribution < 1.29 is 0 Å². The van der Waals surface area contributed by atoms with E-state index in [0.29, 0.717) is 4.77 Å². The lowest BCUT2D eigenvalue weighted by molar-refractivity contribution is 1.04. The van der Waals surface area contributed by atoms with Crippen LogP contribution in [0.25, 0.3) is 17.1 Å². The molecule has 0 spiro atoms. The second-order valence-electron chi connectivity index (χ2n) is 4.29. The highest BCUT2D eigenvalue weighted by molar-refractivity contribution is 9.10. The Bertz CT molecular complexity index is 787. The van der Waals surface area contributed by atoms with Crippen LogP contribution in [0, 0.1) is 4.77 Å². The Morgan fingerprint density at radius 1 is 1.05 bits per heavy atom. The molecule has 20 heavy (non-hydrogen) atoms. The Morgan fingerprint density at radius 3 is 2.35 bits per heavy atom. The van der Waals surface area contributed by atoms with E-state index in [4.69, 9.17) is 18.0 Å². The van der Waals surface area contributed by atoms with Crippen LogP contribution in [0.4, 0.5) is 5.69 Å². The van der Waals surface area contributed by atoms with Gasteiger partial charge in [-0.2, -0.15) is 5.10 Å². The van der Waals surface area contributed by atoms with E-state index in [1.807, 2.05) is 53.1 Å². The van der Waals surface area contributed by atoms with Gasteiger partial charge in [-0.1, -0.05) is 15.9 Å². The summed E-state index contributed by atoms with van der Waals surface area (Å²) < 4.78 is 3.47. The van der Waals surface area contributed by atoms with E-state index in [1.165, 1.54) is 0 Å². The molecule has 0 fully saturated rings. The van der Waals surface area contributed by atoms with Crippen LogP contribution in [0.5, 0.6) is 0 Å². The molecule has 0 radical (unpaired) electrons. The maximum absolute atomic E-state index is 5.71. The van der Waals surface area contributed by atoms with Crippen molar-refractivity contribution in [2.75, 3.05) is 5.73 Å². The van der Waals surface area contributed by atoms with E-state index in [9.17, 15) is 0 Å². The van der Waals surface area contributed by atoms with Crippen LogP contribution >= 0.6 is 28.1 Å². The van der Waals surface area contributed by atoms with Crippen LogP contribution in [0.2, 0.25) is 0 Å². The van der Waals surface area contributed by atoms with Crippen molar-refractivity contribution in [2.24, 2.45) is 0 Å². The highest BCUT2D eigenvalue weighted by atomic mass is 79.9. The smallest absolute Gasteiger partial charge is 0.200 e. The molecule has 2 aromatic carbocycles. The van der Waals surface area contributed by atoms with Gasteiger partial charge in [0.1, 0.15) is 0 Å². The van der Waals surface area contributed by atoms with Crippen LogP contribution in [0.15, 0.2) is 53.0 Å². The van der Waals surface area contributed by atoms with Gasteiger partial charge in [0, 0.05) is 15.7 Å². The second kappa shape index (κ2) is 5.22. The monoisotopic (exact) mass is 346 g/mol. The average Bonchev–Trinajstić information content (AvgIpc) is 2.83. The first-order valence-corrected chi connectivity index (χ1v) is 7.14. The highest BCUT2D eigenvalue weighted by Gasteiger charge is 2.10. The van der Waals surface area contributed by atoms with Gasteiger partial charge in [-0.25, -0.2) is 0 Å². The van der Waals surface area contributed by atoms with Crippen molar-refractivity contribution in [3.63, 3.8) is 0 Å². The Labute approximate surface area is 129 Å². The van der Waals surface area contributed by atoms with E-state index in [-0.39, 0.29) is 0 Å². The largest absolute Gasteiger partial charge is 0.399 e. The van der Waals surface area contributed by atoms with E-state index in [2.05, 4.69) is 26.1 Å². The first-order valence-electron chi connectivity index (χ1n) is 5.94. The number of nitrogens with two attached hydrogens (primary N) is 1. The van der Waals surface area contributed by atoms with E-state index in [1.54, 1.807) is 0 Å². The minimum absolute atomic E-state index is 0.555. The highest BCUT2D eigenvalue weighted by Crippen LogP contribution is 2.23. The summed E-state index contributed by atoms with van der Waals surface area (Å²) in [7, 11) is 0. The fraction of sp³-hybridized carbons (Fsp3) is 0. The van der Waals surface area contributed by atoms with Crippen LogP contribution < -0.4 is 5.73 Å². The summed E-state index contributed by atoms with van der Waals surface area (Å²) in [6, 6.07) is 15.4. The molecule has 0 atom stereocenters. The zero-order valence-electron chi connectivity index (χ0n) is 10.4. The lowest BCUT2D eigenvalue weighted by atomic mass is 10.2. The maximum Gasteiger partial charge on any atom is 0.200 e. The number of nitrogen functional groups attached to an aromatic ring is 1. The predicted molar refractivity (Wildman–Crippen MR) is 86.3 cm³/mol. The van der Waals surface area contributed by atoms with Crippen molar-refractivity contribution in [1.29, 1.82) is 0 Å². The minimum atomic E-state index is 0.555. The Kier molecular flexibility index (Phi) is 3.42. The van der Waals surface area contributed by atoms with Gasteiger partial charge in [0.2, 0.25) is 0 Å². The quantitative estimate of drug-likeness (QED) is 0.545. The Balaban J connectivity index is 2.17. The van der Waals surface area contributed by atoms with Gasteiger partial charge in [-0.05, 0) is 60.7 Å².